The third kappa shape index (κ3) is 8.69. The second-order valence-electron chi connectivity index (χ2n) is 7.32. The SMILES string of the molecule is Cc1ccc(OCCc2ccccc2)cc1.Cc1ccc(SCc2ccccn2)cc1. The third-order valence-corrected chi connectivity index (χ3v) is 5.70. The first-order valence-electron chi connectivity index (χ1n) is 10.5. The fraction of sp³-hybridized carbons (Fsp3) is 0.179. The molecule has 0 radical (unpaired) electrons. The van der Waals surface area contributed by atoms with E-state index >= 15 is 0 Å². The number of aromatic nitrogens is 1. The zero-order valence-electron chi connectivity index (χ0n) is 18.2. The van der Waals surface area contributed by atoms with Crippen molar-refractivity contribution in [3.05, 3.63) is 126 Å². The van der Waals surface area contributed by atoms with Gasteiger partial charge >= 0.3 is 0 Å². The largest absolute Gasteiger partial charge is 0.493 e. The number of aryl methyl sites for hydroxylation is 2. The van der Waals surface area contributed by atoms with Gasteiger partial charge in [-0.1, -0.05) is 71.8 Å². The van der Waals surface area contributed by atoms with E-state index in [0.717, 1.165) is 30.2 Å². The summed E-state index contributed by atoms with van der Waals surface area (Å²) in [6.45, 7) is 4.91. The van der Waals surface area contributed by atoms with Crippen LogP contribution in [-0.2, 0) is 12.2 Å². The molecule has 158 valence electrons. The molecule has 0 saturated carbocycles. The normalized spacial score (nSPS) is 10.1. The van der Waals surface area contributed by atoms with E-state index in [1.807, 2.05) is 48.3 Å². The summed E-state index contributed by atoms with van der Waals surface area (Å²) in [4.78, 5) is 5.59. The summed E-state index contributed by atoms with van der Waals surface area (Å²) in [7, 11) is 0. The fourth-order valence-corrected chi connectivity index (χ4v) is 3.66. The summed E-state index contributed by atoms with van der Waals surface area (Å²) in [6, 6.07) is 33.2. The van der Waals surface area contributed by atoms with E-state index in [4.69, 9.17) is 4.74 Å². The van der Waals surface area contributed by atoms with E-state index in [1.54, 1.807) is 0 Å². The highest BCUT2D eigenvalue weighted by Crippen LogP contribution is 2.21. The second kappa shape index (κ2) is 12.6. The molecule has 0 atom stereocenters. The molecule has 4 rings (SSSR count). The highest BCUT2D eigenvalue weighted by atomic mass is 32.2. The van der Waals surface area contributed by atoms with Crippen molar-refractivity contribution in [2.24, 2.45) is 0 Å². The van der Waals surface area contributed by atoms with Crippen LogP contribution in [0.5, 0.6) is 5.75 Å². The molecule has 0 N–H and O–H groups in total. The van der Waals surface area contributed by atoms with Crippen molar-refractivity contribution in [2.45, 2.75) is 30.9 Å². The number of pyridine rings is 1. The van der Waals surface area contributed by atoms with Gasteiger partial charge in [0.25, 0.3) is 0 Å². The molecule has 3 heteroatoms. The lowest BCUT2D eigenvalue weighted by atomic mass is 10.2. The Bertz CT molecular complexity index is 1000. The Morgan fingerprint density at radius 3 is 2.00 bits per heavy atom. The van der Waals surface area contributed by atoms with Gasteiger partial charge in [0.2, 0.25) is 0 Å². The quantitative estimate of drug-likeness (QED) is 0.289. The molecule has 0 saturated heterocycles. The average molecular weight is 428 g/mol. The molecule has 1 aromatic heterocycles. The van der Waals surface area contributed by atoms with Crippen LogP contribution < -0.4 is 4.74 Å². The second-order valence-corrected chi connectivity index (χ2v) is 8.37. The summed E-state index contributed by atoms with van der Waals surface area (Å²) < 4.78 is 5.66. The zero-order valence-corrected chi connectivity index (χ0v) is 19.0. The lowest BCUT2D eigenvalue weighted by molar-refractivity contribution is 0.322. The van der Waals surface area contributed by atoms with Crippen LogP contribution in [0.4, 0.5) is 0 Å². The molecule has 0 aliphatic rings. The lowest BCUT2D eigenvalue weighted by Gasteiger charge is -2.06. The number of hydrogen-bond donors (Lipinski definition) is 0. The summed E-state index contributed by atoms with van der Waals surface area (Å²) in [5, 5.41) is 0. The molecule has 2 nitrogen and oxygen atoms in total. The van der Waals surface area contributed by atoms with E-state index in [2.05, 4.69) is 85.6 Å². The number of ether oxygens (including phenoxy) is 1. The predicted octanol–water partition coefficient (Wildman–Crippen LogP) is 7.30. The molecule has 4 aromatic rings. The van der Waals surface area contributed by atoms with Crippen LogP contribution in [-0.4, -0.2) is 11.6 Å². The molecule has 0 aliphatic carbocycles. The van der Waals surface area contributed by atoms with Crippen LogP contribution in [0.25, 0.3) is 0 Å². The molecule has 0 aliphatic heterocycles. The molecule has 31 heavy (non-hydrogen) atoms. The van der Waals surface area contributed by atoms with Gasteiger partial charge < -0.3 is 4.74 Å². The standard InChI is InChI=1S/C15H16O.C13H13NS/c1-13-7-9-15(10-8-13)16-12-11-14-5-3-2-4-6-14;1-11-5-7-13(8-6-11)15-10-12-4-2-3-9-14-12/h2-10H,11-12H2,1H3;2-9H,10H2,1H3. The number of hydrogen-bond acceptors (Lipinski definition) is 3. The maximum atomic E-state index is 5.66. The molecule has 0 unspecified atom stereocenters. The lowest BCUT2D eigenvalue weighted by Crippen LogP contribution is -2.00. The minimum absolute atomic E-state index is 0.729. The van der Waals surface area contributed by atoms with Crippen molar-refractivity contribution in [1.29, 1.82) is 0 Å². The molecule has 0 amide bonds. The Labute approximate surface area is 190 Å². The maximum Gasteiger partial charge on any atom is 0.119 e. The van der Waals surface area contributed by atoms with E-state index in [-0.39, 0.29) is 0 Å². The summed E-state index contributed by atoms with van der Waals surface area (Å²) in [5.41, 5.74) is 5.00. The monoisotopic (exact) mass is 427 g/mol. The van der Waals surface area contributed by atoms with E-state index in [1.165, 1.54) is 21.6 Å². The molecular weight excluding hydrogens is 398 g/mol. The van der Waals surface area contributed by atoms with Crippen molar-refractivity contribution in [3.8, 4) is 5.75 Å². The Hall–Kier alpha value is -3.04. The first kappa shape index (κ1) is 22.6. The number of nitrogens with zero attached hydrogens (tertiary/aromatic N) is 1. The molecular formula is C28H29NOS. The molecule has 0 bridgehead atoms. The summed E-state index contributed by atoms with van der Waals surface area (Å²) in [6.07, 6.45) is 2.79. The van der Waals surface area contributed by atoms with Crippen molar-refractivity contribution in [1.82, 2.24) is 4.98 Å². The van der Waals surface area contributed by atoms with Crippen LogP contribution in [0.15, 0.2) is 108 Å². The fourth-order valence-electron chi connectivity index (χ4n) is 2.84. The van der Waals surface area contributed by atoms with E-state index < -0.39 is 0 Å². The smallest absolute Gasteiger partial charge is 0.119 e. The van der Waals surface area contributed by atoms with Gasteiger partial charge in [0, 0.05) is 23.3 Å². The van der Waals surface area contributed by atoms with Crippen LogP contribution in [0.1, 0.15) is 22.4 Å². The minimum Gasteiger partial charge on any atom is -0.493 e. The highest BCUT2D eigenvalue weighted by molar-refractivity contribution is 7.98. The van der Waals surface area contributed by atoms with Gasteiger partial charge in [-0.05, 0) is 55.8 Å². The summed E-state index contributed by atoms with van der Waals surface area (Å²) in [5.74, 6) is 1.88. The van der Waals surface area contributed by atoms with Gasteiger partial charge in [0.05, 0.1) is 12.3 Å². The average Bonchev–Trinajstić information content (AvgIpc) is 2.82. The zero-order chi connectivity index (χ0) is 21.7. The van der Waals surface area contributed by atoms with E-state index in [9.17, 15) is 0 Å². The van der Waals surface area contributed by atoms with Crippen molar-refractivity contribution < 1.29 is 4.74 Å². The number of rotatable bonds is 7. The van der Waals surface area contributed by atoms with Gasteiger partial charge in [0.15, 0.2) is 0 Å². The maximum absolute atomic E-state index is 5.66. The Morgan fingerprint density at radius 2 is 1.35 bits per heavy atom. The van der Waals surface area contributed by atoms with Crippen LogP contribution in [0.2, 0.25) is 0 Å². The molecule has 3 aromatic carbocycles. The van der Waals surface area contributed by atoms with Crippen molar-refractivity contribution in [2.75, 3.05) is 6.61 Å². The molecule has 0 spiro atoms. The van der Waals surface area contributed by atoms with Gasteiger partial charge in [-0.15, -0.1) is 11.8 Å². The van der Waals surface area contributed by atoms with Gasteiger partial charge in [0.1, 0.15) is 5.75 Å². The molecule has 0 fully saturated rings. The van der Waals surface area contributed by atoms with Gasteiger partial charge in [-0.2, -0.15) is 0 Å². The Kier molecular flexibility index (Phi) is 9.21. The topological polar surface area (TPSA) is 22.1 Å². The summed E-state index contributed by atoms with van der Waals surface area (Å²) >= 11 is 1.82. The van der Waals surface area contributed by atoms with E-state index in [0.29, 0.717) is 0 Å². The minimum atomic E-state index is 0.729. The third-order valence-electron chi connectivity index (χ3n) is 4.66. The van der Waals surface area contributed by atoms with Crippen LogP contribution in [0.3, 0.4) is 0 Å². The van der Waals surface area contributed by atoms with Crippen molar-refractivity contribution in [3.63, 3.8) is 0 Å². The Balaban J connectivity index is 0.000000176. The number of benzene rings is 3. The van der Waals surface area contributed by atoms with Gasteiger partial charge in [-0.25, -0.2) is 0 Å². The first-order chi connectivity index (χ1) is 15.2. The Morgan fingerprint density at radius 1 is 0.710 bits per heavy atom. The van der Waals surface area contributed by atoms with Crippen LogP contribution >= 0.6 is 11.8 Å². The number of thioether (sulfide) groups is 1. The first-order valence-corrected chi connectivity index (χ1v) is 11.5. The van der Waals surface area contributed by atoms with Crippen molar-refractivity contribution >= 4 is 11.8 Å². The van der Waals surface area contributed by atoms with Gasteiger partial charge in [-0.3, -0.25) is 4.98 Å². The highest BCUT2D eigenvalue weighted by Gasteiger charge is 1.96. The van der Waals surface area contributed by atoms with Crippen LogP contribution in [0, 0.1) is 13.8 Å². The predicted molar refractivity (Wildman–Crippen MR) is 132 cm³/mol. The molecule has 1 heterocycles.